The number of hydrogen-bond donors (Lipinski definition) is 1. The maximum atomic E-state index is 12.3. The van der Waals surface area contributed by atoms with Crippen LogP contribution in [0.2, 0.25) is 0 Å². The maximum Gasteiger partial charge on any atom is 0.271 e. The Hall–Kier alpha value is -1.84. The van der Waals surface area contributed by atoms with Gasteiger partial charge < -0.3 is 4.90 Å². The molecule has 0 unspecified atom stereocenters. The summed E-state index contributed by atoms with van der Waals surface area (Å²) >= 11 is 0. The summed E-state index contributed by atoms with van der Waals surface area (Å²) in [5, 5.41) is 4.56. The predicted molar refractivity (Wildman–Crippen MR) is 92.7 cm³/mol. The summed E-state index contributed by atoms with van der Waals surface area (Å²) in [5.74, 6) is 3.00. The van der Waals surface area contributed by atoms with E-state index < -0.39 is 0 Å². The number of nitrogens with one attached hydrogen (secondary N) is 1. The van der Waals surface area contributed by atoms with Crippen LogP contribution >= 0.6 is 0 Å². The third kappa shape index (κ3) is 2.75. The zero-order valence-electron chi connectivity index (χ0n) is 14.0. The van der Waals surface area contributed by atoms with Gasteiger partial charge in [0, 0.05) is 31.1 Å². The average Bonchev–Trinajstić information content (AvgIpc) is 2.53. The van der Waals surface area contributed by atoms with Gasteiger partial charge >= 0.3 is 0 Å². The summed E-state index contributed by atoms with van der Waals surface area (Å²) in [7, 11) is 3.99. The molecule has 4 fully saturated rings. The number of carbonyl (C=O) groups is 1. The minimum absolute atomic E-state index is 0.100. The Morgan fingerprint density at radius 3 is 2.09 bits per heavy atom. The van der Waals surface area contributed by atoms with Crippen LogP contribution in [0.25, 0.3) is 0 Å². The van der Waals surface area contributed by atoms with Gasteiger partial charge in [-0.25, -0.2) is 5.43 Å². The first-order valence-electron chi connectivity index (χ1n) is 8.75. The van der Waals surface area contributed by atoms with Crippen molar-refractivity contribution < 1.29 is 4.79 Å². The van der Waals surface area contributed by atoms with Gasteiger partial charge in [0.25, 0.3) is 5.91 Å². The molecular weight excluding hydrogens is 286 g/mol. The van der Waals surface area contributed by atoms with Crippen LogP contribution in [0.4, 0.5) is 5.69 Å². The number of hydrogen-bond acceptors (Lipinski definition) is 3. The molecule has 23 heavy (non-hydrogen) atoms. The Bertz CT molecular complexity index is 603. The molecule has 4 nitrogen and oxygen atoms in total. The highest BCUT2D eigenvalue weighted by Gasteiger charge is 2.46. The molecule has 4 heteroatoms. The summed E-state index contributed by atoms with van der Waals surface area (Å²) in [4.78, 5) is 14.4. The fourth-order valence-electron chi connectivity index (χ4n) is 4.94. The molecule has 4 bridgehead atoms. The van der Waals surface area contributed by atoms with Gasteiger partial charge in [-0.15, -0.1) is 0 Å². The Morgan fingerprint density at radius 2 is 1.57 bits per heavy atom. The zero-order valence-corrected chi connectivity index (χ0v) is 14.0. The van der Waals surface area contributed by atoms with Crippen molar-refractivity contribution in [1.29, 1.82) is 0 Å². The van der Waals surface area contributed by atoms with Crippen LogP contribution in [-0.4, -0.2) is 25.7 Å². The zero-order chi connectivity index (χ0) is 16.0. The highest BCUT2D eigenvalue weighted by atomic mass is 16.2. The number of benzene rings is 1. The largest absolute Gasteiger partial charge is 0.378 e. The quantitative estimate of drug-likeness (QED) is 0.871. The number of carbonyl (C=O) groups excluding carboxylic acids is 1. The first kappa shape index (κ1) is 14.7. The number of rotatable bonds is 3. The number of hydrazone groups is 1. The summed E-state index contributed by atoms with van der Waals surface area (Å²) in [5.41, 5.74) is 5.85. The lowest BCUT2D eigenvalue weighted by Gasteiger charge is -2.50. The number of amides is 1. The average molecular weight is 311 g/mol. The van der Waals surface area contributed by atoms with Crippen LogP contribution in [0, 0.1) is 23.7 Å². The van der Waals surface area contributed by atoms with Crippen LogP contribution in [0.3, 0.4) is 0 Å². The molecule has 4 saturated carbocycles. The molecule has 1 amide bonds. The Kier molecular flexibility index (Phi) is 3.63. The van der Waals surface area contributed by atoms with E-state index in [9.17, 15) is 4.79 Å². The molecule has 0 aliphatic heterocycles. The van der Waals surface area contributed by atoms with Gasteiger partial charge in [-0.05, 0) is 80.0 Å². The van der Waals surface area contributed by atoms with Gasteiger partial charge in [-0.1, -0.05) is 0 Å². The molecule has 122 valence electrons. The second kappa shape index (κ2) is 5.66. The lowest BCUT2D eigenvalue weighted by Crippen LogP contribution is -2.46. The molecule has 0 heterocycles. The van der Waals surface area contributed by atoms with Crippen molar-refractivity contribution in [3.63, 3.8) is 0 Å². The minimum Gasteiger partial charge on any atom is -0.378 e. The fraction of sp³-hybridized carbons (Fsp3) is 0.579. The molecular formula is C19H25N3O. The van der Waals surface area contributed by atoms with Crippen LogP contribution in [0.1, 0.15) is 42.5 Å². The van der Waals surface area contributed by atoms with Gasteiger partial charge in [-0.2, -0.15) is 5.10 Å². The summed E-state index contributed by atoms with van der Waals surface area (Å²) in [6, 6.07) is 7.65. The van der Waals surface area contributed by atoms with E-state index in [0.29, 0.717) is 17.4 Å². The van der Waals surface area contributed by atoms with Gasteiger partial charge in [0.05, 0.1) is 0 Å². The minimum atomic E-state index is -0.100. The van der Waals surface area contributed by atoms with Crippen molar-refractivity contribution in [2.45, 2.75) is 32.1 Å². The number of nitrogens with zero attached hydrogens (tertiary/aromatic N) is 2. The van der Waals surface area contributed by atoms with Crippen LogP contribution < -0.4 is 10.3 Å². The second-order valence-corrected chi connectivity index (χ2v) is 7.72. The molecule has 1 aromatic carbocycles. The van der Waals surface area contributed by atoms with Crippen LogP contribution in [0.15, 0.2) is 29.4 Å². The molecule has 0 atom stereocenters. The lowest BCUT2D eigenvalue weighted by molar-refractivity contribution is 0.0942. The van der Waals surface area contributed by atoms with Crippen molar-refractivity contribution in [2.75, 3.05) is 19.0 Å². The molecule has 0 spiro atoms. The van der Waals surface area contributed by atoms with Crippen molar-refractivity contribution in [3.8, 4) is 0 Å². The Balaban J connectivity index is 1.45. The number of anilines is 1. The highest BCUT2D eigenvalue weighted by molar-refractivity contribution is 5.97. The molecule has 0 saturated heterocycles. The molecule has 0 radical (unpaired) electrons. The van der Waals surface area contributed by atoms with Gasteiger partial charge in [0.15, 0.2) is 0 Å². The normalized spacial score (nSPS) is 31.1. The maximum absolute atomic E-state index is 12.3. The predicted octanol–water partition coefficient (Wildman–Crippen LogP) is 3.29. The summed E-state index contributed by atoms with van der Waals surface area (Å²) in [6.07, 6.45) is 6.60. The van der Waals surface area contributed by atoms with E-state index in [1.165, 1.54) is 37.8 Å². The fourth-order valence-corrected chi connectivity index (χ4v) is 4.94. The van der Waals surface area contributed by atoms with Gasteiger partial charge in [0.1, 0.15) is 0 Å². The monoisotopic (exact) mass is 311 g/mol. The van der Waals surface area contributed by atoms with Crippen molar-refractivity contribution >= 4 is 17.3 Å². The van der Waals surface area contributed by atoms with E-state index in [-0.39, 0.29) is 5.91 Å². The summed E-state index contributed by atoms with van der Waals surface area (Å²) < 4.78 is 0. The van der Waals surface area contributed by atoms with Crippen molar-refractivity contribution in [1.82, 2.24) is 5.43 Å². The van der Waals surface area contributed by atoms with Crippen LogP contribution in [-0.2, 0) is 0 Å². The Morgan fingerprint density at radius 1 is 1.00 bits per heavy atom. The Labute approximate surface area is 137 Å². The van der Waals surface area contributed by atoms with E-state index in [1.54, 1.807) is 0 Å². The first-order chi connectivity index (χ1) is 11.1. The van der Waals surface area contributed by atoms with Gasteiger partial charge in [-0.3, -0.25) is 4.79 Å². The first-order valence-corrected chi connectivity index (χ1v) is 8.75. The summed E-state index contributed by atoms with van der Waals surface area (Å²) in [6.45, 7) is 0. The topological polar surface area (TPSA) is 44.7 Å². The third-order valence-electron chi connectivity index (χ3n) is 5.91. The van der Waals surface area contributed by atoms with Crippen molar-refractivity contribution in [3.05, 3.63) is 29.8 Å². The second-order valence-electron chi connectivity index (χ2n) is 7.72. The van der Waals surface area contributed by atoms with E-state index in [0.717, 1.165) is 17.5 Å². The smallest absolute Gasteiger partial charge is 0.271 e. The third-order valence-corrected chi connectivity index (χ3v) is 5.91. The SMILES string of the molecule is CN(C)c1ccc(C(=O)NN=C2C3CC4CC(C3)CC2C4)cc1. The molecule has 4 aliphatic carbocycles. The molecule has 4 aliphatic rings. The molecule has 1 aromatic rings. The lowest BCUT2D eigenvalue weighted by atomic mass is 9.55. The van der Waals surface area contributed by atoms with E-state index in [4.69, 9.17) is 0 Å². The molecule has 5 rings (SSSR count). The highest BCUT2D eigenvalue weighted by Crippen LogP contribution is 2.52. The van der Waals surface area contributed by atoms with Crippen molar-refractivity contribution in [2.24, 2.45) is 28.8 Å². The van der Waals surface area contributed by atoms with E-state index >= 15 is 0 Å². The van der Waals surface area contributed by atoms with E-state index in [1.807, 2.05) is 43.3 Å². The molecule has 1 N–H and O–H groups in total. The van der Waals surface area contributed by atoms with Gasteiger partial charge in [0.2, 0.25) is 0 Å². The molecule has 0 aromatic heterocycles. The van der Waals surface area contributed by atoms with E-state index in [2.05, 4.69) is 10.5 Å². The van der Waals surface area contributed by atoms with Crippen LogP contribution in [0.5, 0.6) is 0 Å². The standard InChI is InChI=1S/C19H25N3O/c1-22(2)17-5-3-14(4-6-17)19(23)21-20-18-15-8-12-7-13(10-15)11-16(18)9-12/h3-6,12-13,15-16H,7-11H2,1-2H3,(H,21,23).